The molecule has 1 heterocycles. The molecular formula is C21H23N3O4. The third kappa shape index (κ3) is 5.09. The Labute approximate surface area is 163 Å². The van der Waals surface area contributed by atoms with Crippen LogP contribution in [0.2, 0.25) is 0 Å². The van der Waals surface area contributed by atoms with Crippen molar-refractivity contribution in [2.45, 2.75) is 26.2 Å². The number of nitrogens with one attached hydrogen (secondary N) is 1. The lowest BCUT2D eigenvalue weighted by atomic mass is 10.2. The summed E-state index contributed by atoms with van der Waals surface area (Å²) in [6, 6.07) is 14.9. The number of hydrogen-bond acceptors (Lipinski definition) is 6. The van der Waals surface area contributed by atoms with Gasteiger partial charge in [0.2, 0.25) is 17.6 Å². The number of carbonyl (C=O) groups excluding carboxylic acids is 1. The molecule has 0 radical (unpaired) electrons. The van der Waals surface area contributed by atoms with Crippen LogP contribution in [0.3, 0.4) is 0 Å². The Balaban J connectivity index is 1.55. The summed E-state index contributed by atoms with van der Waals surface area (Å²) in [5.74, 6) is 2.22. The predicted molar refractivity (Wildman–Crippen MR) is 105 cm³/mol. The summed E-state index contributed by atoms with van der Waals surface area (Å²) in [5, 5.41) is 6.88. The first kappa shape index (κ1) is 19.4. The molecule has 0 saturated carbocycles. The fraction of sp³-hybridized carbons (Fsp3) is 0.286. The summed E-state index contributed by atoms with van der Waals surface area (Å²) in [7, 11) is 1.59. The summed E-state index contributed by atoms with van der Waals surface area (Å²) in [6.45, 7) is 2.47. The number of carbonyl (C=O) groups is 1. The molecule has 0 spiro atoms. The van der Waals surface area contributed by atoms with Crippen LogP contribution < -0.4 is 14.8 Å². The number of aryl methyl sites for hydroxylation is 1. The van der Waals surface area contributed by atoms with E-state index in [0.717, 1.165) is 11.3 Å². The van der Waals surface area contributed by atoms with Crippen LogP contribution in [0.4, 0.5) is 5.69 Å². The summed E-state index contributed by atoms with van der Waals surface area (Å²) in [5.41, 5.74) is 1.56. The lowest BCUT2D eigenvalue weighted by Gasteiger charge is -2.09. The van der Waals surface area contributed by atoms with Crippen molar-refractivity contribution >= 4 is 11.6 Å². The number of aromatic nitrogens is 2. The van der Waals surface area contributed by atoms with E-state index >= 15 is 0 Å². The van der Waals surface area contributed by atoms with Crippen LogP contribution in [-0.4, -0.2) is 29.8 Å². The smallest absolute Gasteiger partial charge is 0.226 e. The number of anilines is 1. The summed E-state index contributed by atoms with van der Waals surface area (Å²) in [4.78, 5) is 16.4. The highest BCUT2D eigenvalue weighted by Gasteiger charge is 2.13. The average molecular weight is 381 g/mol. The molecule has 28 heavy (non-hydrogen) atoms. The molecule has 0 aliphatic rings. The van der Waals surface area contributed by atoms with E-state index < -0.39 is 0 Å². The second-order valence-corrected chi connectivity index (χ2v) is 6.08. The van der Waals surface area contributed by atoms with E-state index in [-0.39, 0.29) is 5.91 Å². The van der Waals surface area contributed by atoms with Gasteiger partial charge in [-0.3, -0.25) is 4.79 Å². The topological polar surface area (TPSA) is 86.5 Å². The second kappa shape index (κ2) is 9.55. The Bertz CT molecular complexity index is 909. The number of ether oxygens (including phenoxy) is 2. The number of methoxy groups -OCH3 is 1. The van der Waals surface area contributed by atoms with Gasteiger partial charge in [0, 0.05) is 24.1 Å². The SMILES string of the molecule is CCOc1ccc(-c2noc(CCCC(=O)Nc3ccccc3)n2)cc1OC. The van der Waals surface area contributed by atoms with Crippen LogP contribution in [0.15, 0.2) is 53.1 Å². The molecule has 1 N–H and O–H groups in total. The molecule has 0 aliphatic heterocycles. The summed E-state index contributed by atoms with van der Waals surface area (Å²) < 4.78 is 16.2. The van der Waals surface area contributed by atoms with E-state index in [1.165, 1.54) is 0 Å². The number of nitrogens with zero attached hydrogens (tertiary/aromatic N) is 2. The van der Waals surface area contributed by atoms with Crippen LogP contribution in [0.25, 0.3) is 11.4 Å². The maximum Gasteiger partial charge on any atom is 0.226 e. The highest BCUT2D eigenvalue weighted by molar-refractivity contribution is 5.90. The predicted octanol–water partition coefficient (Wildman–Crippen LogP) is 4.11. The molecule has 2 aromatic carbocycles. The molecule has 0 unspecified atom stereocenters. The number of benzene rings is 2. The van der Waals surface area contributed by atoms with E-state index in [1.54, 1.807) is 7.11 Å². The lowest BCUT2D eigenvalue weighted by Crippen LogP contribution is -2.11. The van der Waals surface area contributed by atoms with Gasteiger partial charge in [0.05, 0.1) is 13.7 Å². The Morgan fingerprint density at radius 2 is 1.96 bits per heavy atom. The first-order valence-electron chi connectivity index (χ1n) is 9.18. The Hall–Kier alpha value is -3.35. The minimum Gasteiger partial charge on any atom is -0.493 e. The molecular weight excluding hydrogens is 358 g/mol. The van der Waals surface area contributed by atoms with Crippen molar-refractivity contribution in [1.82, 2.24) is 10.1 Å². The first-order chi connectivity index (χ1) is 13.7. The Morgan fingerprint density at radius 3 is 2.71 bits per heavy atom. The van der Waals surface area contributed by atoms with Crippen molar-refractivity contribution in [3.05, 3.63) is 54.4 Å². The summed E-state index contributed by atoms with van der Waals surface area (Å²) in [6.07, 6.45) is 1.53. The second-order valence-electron chi connectivity index (χ2n) is 6.08. The molecule has 7 heteroatoms. The van der Waals surface area contributed by atoms with E-state index in [4.69, 9.17) is 14.0 Å². The largest absolute Gasteiger partial charge is 0.493 e. The minimum absolute atomic E-state index is 0.0396. The maximum atomic E-state index is 12.0. The lowest BCUT2D eigenvalue weighted by molar-refractivity contribution is -0.116. The zero-order valence-electron chi connectivity index (χ0n) is 16.0. The van der Waals surface area contributed by atoms with Gasteiger partial charge in [-0.2, -0.15) is 4.98 Å². The molecule has 0 aliphatic carbocycles. The van der Waals surface area contributed by atoms with Crippen LogP contribution in [-0.2, 0) is 11.2 Å². The number of para-hydroxylation sites is 1. The quantitative estimate of drug-likeness (QED) is 0.600. The van der Waals surface area contributed by atoms with Crippen molar-refractivity contribution in [2.75, 3.05) is 19.0 Å². The van der Waals surface area contributed by atoms with Crippen molar-refractivity contribution in [3.63, 3.8) is 0 Å². The van der Waals surface area contributed by atoms with Crippen LogP contribution in [0.1, 0.15) is 25.7 Å². The van der Waals surface area contributed by atoms with Gasteiger partial charge in [0.1, 0.15) is 0 Å². The molecule has 0 saturated heterocycles. The van der Waals surface area contributed by atoms with Crippen molar-refractivity contribution in [2.24, 2.45) is 0 Å². The van der Waals surface area contributed by atoms with Crippen molar-refractivity contribution in [3.8, 4) is 22.9 Å². The molecule has 1 amide bonds. The molecule has 7 nitrogen and oxygen atoms in total. The minimum atomic E-state index is -0.0396. The zero-order chi connectivity index (χ0) is 19.8. The molecule has 3 rings (SSSR count). The number of amides is 1. The molecule has 146 valence electrons. The zero-order valence-corrected chi connectivity index (χ0v) is 16.0. The highest BCUT2D eigenvalue weighted by Crippen LogP contribution is 2.31. The van der Waals surface area contributed by atoms with E-state index in [9.17, 15) is 4.79 Å². The Morgan fingerprint density at radius 1 is 1.14 bits per heavy atom. The average Bonchev–Trinajstić information content (AvgIpc) is 3.18. The van der Waals surface area contributed by atoms with E-state index in [2.05, 4.69) is 15.5 Å². The van der Waals surface area contributed by atoms with Crippen LogP contribution >= 0.6 is 0 Å². The molecule has 3 aromatic rings. The number of rotatable bonds is 9. The Kier molecular flexibility index (Phi) is 6.62. The van der Waals surface area contributed by atoms with Crippen LogP contribution in [0.5, 0.6) is 11.5 Å². The van der Waals surface area contributed by atoms with E-state index in [0.29, 0.717) is 49.1 Å². The van der Waals surface area contributed by atoms with Gasteiger partial charge in [-0.05, 0) is 43.7 Å². The van der Waals surface area contributed by atoms with Gasteiger partial charge >= 0.3 is 0 Å². The monoisotopic (exact) mass is 381 g/mol. The van der Waals surface area contributed by atoms with Gasteiger partial charge in [0.15, 0.2) is 11.5 Å². The third-order valence-electron chi connectivity index (χ3n) is 4.04. The molecule has 0 bridgehead atoms. The maximum absolute atomic E-state index is 12.0. The standard InChI is InChI=1S/C21H23N3O4/c1-3-27-17-13-12-15(14-18(17)26-2)21-23-20(28-24-21)11-7-10-19(25)22-16-8-5-4-6-9-16/h4-6,8-9,12-14H,3,7,10-11H2,1-2H3,(H,22,25). The third-order valence-corrected chi connectivity index (χ3v) is 4.04. The first-order valence-corrected chi connectivity index (χ1v) is 9.18. The molecule has 1 aromatic heterocycles. The molecule has 0 atom stereocenters. The normalized spacial score (nSPS) is 10.5. The fourth-order valence-electron chi connectivity index (χ4n) is 2.70. The number of hydrogen-bond donors (Lipinski definition) is 1. The van der Waals surface area contributed by atoms with Crippen LogP contribution in [0, 0.1) is 0 Å². The summed E-state index contributed by atoms with van der Waals surface area (Å²) >= 11 is 0. The van der Waals surface area contributed by atoms with Gasteiger partial charge in [-0.25, -0.2) is 0 Å². The highest BCUT2D eigenvalue weighted by atomic mass is 16.5. The fourth-order valence-corrected chi connectivity index (χ4v) is 2.70. The van der Waals surface area contributed by atoms with Gasteiger partial charge in [0.25, 0.3) is 0 Å². The molecule has 0 fully saturated rings. The van der Waals surface area contributed by atoms with Gasteiger partial charge in [-0.1, -0.05) is 23.4 Å². The van der Waals surface area contributed by atoms with E-state index in [1.807, 2.05) is 55.5 Å². The van der Waals surface area contributed by atoms with Crippen molar-refractivity contribution in [1.29, 1.82) is 0 Å². The van der Waals surface area contributed by atoms with Gasteiger partial charge in [-0.15, -0.1) is 0 Å². The van der Waals surface area contributed by atoms with Gasteiger partial charge < -0.3 is 19.3 Å². The van der Waals surface area contributed by atoms with Crippen molar-refractivity contribution < 1.29 is 18.8 Å².